The summed E-state index contributed by atoms with van der Waals surface area (Å²) in [5, 5.41) is 3.52. The lowest BCUT2D eigenvalue weighted by Gasteiger charge is -2.20. The average Bonchev–Trinajstić information content (AvgIpc) is 2.25. The first-order valence-corrected chi connectivity index (χ1v) is 6.74. The maximum Gasteiger partial charge on any atom is 0.321 e. The van der Waals surface area contributed by atoms with Gasteiger partial charge in [-0.2, -0.15) is 0 Å². The van der Waals surface area contributed by atoms with Crippen molar-refractivity contribution in [2.24, 2.45) is 0 Å². The van der Waals surface area contributed by atoms with E-state index in [2.05, 4.69) is 21.2 Å². The second-order valence-electron chi connectivity index (χ2n) is 3.35. The number of amides is 2. The Morgan fingerprint density at radius 3 is 2.18 bits per heavy atom. The summed E-state index contributed by atoms with van der Waals surface area (Å²) in [5.74, 6) is 0. The summed E-state index contributed by atoms with van der Waals surface area (Å²) < 4.78 is 0.772. The van der Waals surface area contributed by atoms with Crippen LogP contribution in [0.5, 0.6) is 0 Å². The minimum atomic E-state index is -0.207. The molecule has 0 bridgehead atoms. The molecule has 1 N–H and O–H groups in total. The Bertz CT molecular complexity index is 399. The Morgan fingerprint density at radius 1 is 1.29 bits per heavy atom. The van der Waals surface area contributed by atoms with Gasteiger partial charge in [0.1, 0.15) is 0 Å². The minimum Gasteiger partial charge on any atom is -0.325 e. The zero-order chi connectivity index (χ0) is 13.0. The molecule has 1 rings (SSSR count). The van der Waals surface area contributed by atoms with E-state index in [0.29, 0.717) is 28.8 Å². The molecule has 0 radical (unpaired) electrons. The summed E-state index contributed by atoms with van der Waals surface area (Å²) in [7, 11) is 0. The number of anilines is 1. The molecule has 1 aromatic rings. The highest BCUT2D eigenvalue weighted by molar-refractivity contribution is 9.10. The van der Waals surface area contributed by atoms with Crippen LogP contribution < -0.4 is 5.32 Å². The van der Waals surface area contributed by atoms with E-state index in [9.17, 15) is 4.79 Å². The summed E-state index contributed by atoms with van der Waals surface area (Å²) in [4.78, 5) is 13.5. The molecule has 0 aliphatic carbocycles. The van der Waals surface area contributed by atoms with Crippen molar-refractivity contribution in [3.63, 3.8) is 0 Å². The van der Waals surface area contributed by atoms with Gasteiger partial charge < -0.3 is 10.2 Å². The molecule has 1 aromatic carbocycles. The first kappa shape index (κ1) is 14.6. The van der Waals surface area contributed by atoms with Gasteiger partial charge in [0.15, 0.2) is 0 Å². The number of nitrogens with zero attached hydrogens (tertiary/aromatic N) is 1. The van der Waals surface area contributed by atoms with E-state index in [0.717, 1.165) is 4.47 Å². The lowest BCUT2D eigenvalue weighted by atomic mass is 10.3. The normalized spacial score (nSPS) is 10.2. The van der Waals surface area contributed by atoms with Gasteiger partial charge in [-0.15, -0.1) is 0 Å². The van der Waals surface area contributed by atoms with Gasteiger partial charge in [-0.1, -0.05) is 39.1 Å². The fourth-order valence-electron chi connectivity index (χ4n) is 1.36. The van der Waals surface area contributed by atoms with Crippen LogP contribution in [0.25, 0.3) is 0 Å². The van der Waals surface area contributed by atoms with Crippen molar-refractivity contribution >= 4 is 50.9 Å². The Hall–Kier alpha value is -0.450. The molecule has 0 aliphatic heterocycles. The van der Waals surface area contributed by atoms with Gasteiger partial charge in [0.2, 0.25) is 0 Å². The highest BCUT2D eigenvalue weighted by Gasteiger charge is 2.14. The molecule has 0 saturated carbocycles. The van der Waals surface area contributed by atoms with Gasteiger partial charge in [0, 0.05) is 17.6 Å². The van der Waals surface area contributed by atoms with Crippen molar-refractivity contribution in [3.05, 3.63) is 26.7 Å². The van der Waals surface area contributed by atoms with Gasteiger partial charge in [0.25, 0.3) is 0 Å². The first-order chi connectivity index (χ1) is 7.99. The zero-order valence-electron chi connectivity index (χ0n) is 9.56. The number of nitrogens with one attached hydrogen (secondary N) is 1. The Balaban J connectivity index is 2.92. The fourth-order valence-corrected chi connectivity index (χ4v) is 2.66. The minimum absolute atomic E-state index is 0.207. The summed E-state index contributed by atoms with van der Waals surface area (Å²) in [6.07, 6.45) is 0. The van der Waals surface area contributed by atoms with E-state index in [1.165, 1.54) is 0 Å². The number of rotatable bonds is 3. The smallest absolute Gasteiger partial charge is 0.321 e. The summed E-state index contributed by atoms with van der Waals surface area (Å²) in [6.45, 7) is 5.09. The molecule has 3 nitrogen and oxygen atoms in total. The van der Waals surface area contributed by atoms with Crippen LogP contribution in [-0.2, 0) is 0 Å². The molecule has 0 aromatic heterocycles. The summed E-state index contributed by atoms with van der Waals surface area (Å²) >= 11 is 15.3. The highest BCUT2D eigenvalue weighted by Crippen LogP contribution is 2.33. The van der Waals surface area contributed by atoms with E-state index >= 15 is 0 Å². The predicted molar refractivity (Wildman–Crippen MR) is 76.1 cm³/mol. The molecule has 0 spiro atoms. The molecule has 0 aliphatic rings. The van der Waals surface area contributed by atoms with E-state index < -0.39 is 0 Å². The topological polar surface area (TPSA) is 32.3 Å². The van der Waals surface area contributed by atoms with Gasteiger partial charge in [-0.25, -0.2) is 4.79 Å². The molecular weight excluding hydrogens is 327 g/mol. The highest BCUT2D eigenvalue weighted by atomic mass is 79.9. The van der Waals surface area contributed by atoms with Crippen molar-refractivity contribution < 1.29 is 4.79 Å². The number of benzene rings is 1. The van der Waals surface area contributed by atoms with Crippen molar-refractivity contribution in [1.82, 2.24) is 4.90 Å². The van der Waals surface area contributed by atoms with Crippen LogP contribution >= 0.6 is 39.1 Å². The van der Waals surface area contributed by atoms with Crippen LogP contribution in [0, 0.1) is 0 Å². The molecule has 0 fully saturated rings. The van der Waals surface area contributed by atoms with Crippen molar-refractivity contribution in [3.8, 4) is 0 Å². The van der Waals surface area contributed by atoms with Gasteiger partial charge in [0.05, 0.1) is 15.7 Å². The largest absolute Gasteiger partial charge is 0.325 e. The second kappa shape index (κ2) is 6.47. The molecule has 6 heteroatoms. The van der Waals surface area contributed by atoms with Crippen LogP contribution in [0.2, 0.25) is 10.0 Å². The number of hydrogen-bond acceptors (Lipinski definition) is 1. The lowest BCUT2D eigenvalue weighted by molar-refractivity contribution is 0.217. The zero-order valence-corrected chi connectivity index (χ0v) is 12.7. The van der Waals surface area contributed by atoms with Crippen LogP contribution in [-0.4, -0.2) is 24.0 Å². The quantitative estimate of drug-likeness (QED) is 0.855. The number of halogens is 3. The maximum absolute atomic E-state index is 11.8. The molecular formula is C11H13BrCl2N2O. The first-order valence-electron chi connectivity index (χ1n) is 5.20. The molecule has 17 heavy (non-hydrogen) atoms. The van der Waals surface area contributed by atoms with E-state index in [1.807, 2.05) is 13.8 Å². The third-order valence-corrected chi connectivity index (χ3v) is 3.34. The molecule has 0 unspecified atom stereocenters. The third kappa shape index (κ3) is 3.76. The Kier molecular flexibility index (Phi) is 5.56. The molecule has 0 atom stereocenters. The van der Waals surface area contributed by atoms with E-state index in [4.69, 9.17) is 23.2 Å². The number of carbonyl (C=O) groups excluding carboxylic acids is 1. The third-order valence-electron chi connectivity index (χ3n) is 2.29. The molecule has 0 saturated heterocycles. The maximum atomic E-state index is 11.8. The second-order valence-corrected chi connectivity index (χ2v) is 5.08. The Labute approximate surface area is 119 Å². The number of hydrogen-bond donors (Lipinski definition) is 1. The summed E-state index contributed by atoms with van der Waals surface area (Å²) in [6, 6.07) is 3.16. The van der Waals surface area contributed by atoms with E-state index in [-0.39, 0.29) is 6.03 Å². The Morgan fingerprint density at radius 2 is 1.76 bits per heavy atom. The summed E-state index contributed by atoms with van der Waals surface area (Å²) in [5.41, 5.74) is 0.438. The van der Waals surface area contributed by atoms with E-state index in [1.54, 1.807) is 17.0 Å². The van der Waals surface area contributed by atoms with Crippen LogP contribution in [0.1, 0.15) is 13.8 Å². The monoisotopic (exact) mass is 338 g/mol. The lowest BCUT2D eigenvalue weighted by Crippen LogP contribution is -2.34. The van der Waals surface area contributed by atoms with Gasteiger partial charge in [-0.3, -0.25) is 0 Å². The van der Waals surface area contributed by atoms with Crippen LogP contribution in [0.4, 0.5) is 10.5 Å². The fraction of sp³-hybridized carbons (Fsp3) is 0.364. The standard InChI is InChI=1S/C11H13BrCl2N2O/c1-3-16(4-2)11(17)15-10-8(13)5-7(12)6-9(10)14/h5-6H,3-4H2,1-2H3,(H,15,17). The van der Waals surface area contributed by atoms with Crippen molar-refractivity contribution in [2.45, 2.75) is 13.8 Å². The molecule has 2 amide bonds. The predicted octanol–water partition coefficient (Wildman–Crippen LogP) is 4.63. The molecule has 94 valence electrons. The molecule has 0 heterocycles. The SMILES string of the molecule is CCN(CC)C(=O)Nc1c(Cl)cc(Br)cc1Cl. The van der Waals surface area contributed by atoms with Crippen molar-refractivity contribution in [2.75, 3.05) is 18.4 Å². The van der Waals surface area contributed by atoms with Gasteiger partial charge >= 0.3 is 6.03 Å². The number of urea groups is 1. The van der Waals surface area contributed by atoms with Crippen molar-refractivity contribution in [1.29, 1.82) is 0 Å². The van der Waals surface area contributed by atoms with Gasteiger partial charge in [-0.05, 0) is 26.0 Å². The van der Waals surface area contributed by atoms with Crippen LogP contribution in [0.3, 0.4) is 0 Å². The van der Waals surface area contributed by atoms with Crippen LogP contribution in [0.15, 0.2) is 16.6 Å². The number of carbonyl (C=O) groups is 1. The average molecular weight is 340 g/mol.